The van der Waals surface area contributed by atoms with E-state index in [1.54, 1.807) is 30.1 Å². The Bertz CT molecular complexity index is 1300. The van der Waals surface area contributed by atoms with E-state index in [1.165, 1.54) is 6.33 Å². The first-order chi connectivity index (χ1) is 15.1. The second-order valence-corrected chi connectivity index (χ2v) is 7.81. The predicted molar refractivity (Wildman–Crippen MR) is 115 cm³/mol. The van der Waals surface area contributed by atoms with Crippen LogP contribution in [-0.2, 0) is 12.7 Å². The lowest BCUT2D eigenvalue weighted by molar-refractivity contribution is 0.109. The van der Waals surface area contributed by atoms with Crippen LogP contribution in [0.25, 0.3) is 22.2 Å². The molecule has 7 nitrogen and oxygen atoms in total. The summed E-state index contributed by atoms with van der Waals surface area (Å²) in [5.74, 6) is 0.354. The molecule has 1 aliphatic heterocycles. The van der Waals surface area contributed by atoms with E-state index in [2.05, 4.69) is 31.1 Å². The highest BCUT2D eigenvalue weighted by atomic mass is 19.1. The third-order valence-corrected chi connectivity index (χ3v) is 5.91. The van der Waals surface area contributed by atoms with Gasteiger partial charge in [-0.2, -0.15) is 5.26 Å². The van der Waals surface area contributed by atoms with Crippen LogP contribution >= 0.6 is 0 Å². The van der Waals surface area contributed by atoms with Crippen LogP contribution in [0.15, 0.2) is 55.1 Å². The highest BCUT2D eigenvalue weighted by Gasteiger charge is 2.40. The summed E-state index contributed by atoms with van der Waals surface area (Å²) < 4.78 is 17.3. The van der Waals surface area contributed by atoms with E-state index in [-0.39, 0.29) is 12.8 Å². The molecule has 0 N–H and O–H groups in total. The molecule has 0 aliphatic carbocycles. The summed E-state index contributed by atoms with van der Waals surface area (Å²) in [6.07, 6.45) is 5.56. The number of rotatable bonds is 3. The maximum Gasteiger partial charge on any atom is 0.173 e. The molecular weight excluding hydrogens is 393 g/mol. The zero-order chi connectivity index (χ0) is 21.4. The van der Waals surface area contributed by atoms with Crippen molar-refractivity contribution >= 4 is 16.7 Å². The number of hydrogen-bond acceptors (Lipinski definition) is 6. The zero-order valence-electron chi connectivity index (χ0n) is 17.0. The molecule has 4 aromatic rings. The molecule has 1 aliphatic rings. The predicted octanol–water partition coefficient (Wildman–Crippen LogP) is 3.76. The van der Waals surface area contributed by atoms with Gasteiger partial charge in [0.25, 0.3) is 0 Å². The van der Waals surface area contributed by atoms with Gasteiger partial charge in [-0.3, -0.25) is 0 Å². The Hall–Kier alpha value is -3.86. The first-order valence-electron chi connectivity index (χ1n) is 10.1. The average Bonchev–Trinajstić information content (AvgIpc) is 3.25. The number of para-hydroxylation sites is 1. The van der Waals surface area contributed by atoms with Crippen molar-refractivity contribution in [1.82, 2.24) is 24.7 Å². The van der Waals surface area contributed by atoms with Crippen LogP contribution < -0.4 is 4.90 Å². The van der Waals surface area contributed by atoms with Gasteiger partial charge in [0.15, 0.2) is 17.1 Å². The van der Waals surface area contributed by atoms with Gasteiger partial charge in [-0.1, -0.05) is 12.1 Å². The first-order valence-corrected chi connectivity index (χ1v) is 10.1. The Morgan fingerprint density at radius 1 is 1.13 bits per heavy atom. The summed E-state index contributed by atoms with van der Waals surface area (Å²) in [4.78, 5) is 10.8. The monoisotopic (exact) mass is 413 g/mol. The molecule has 1 aromatic carbocycles. The molecule has 0 saturated carbocycles. The van der Waals surface area contributed by atoms with E-state index >= 15 is 4.39 Å². The SMILES string of the molecule is Cn1cnnc1C1(F)CCN(c2c(C#N)cccc2-c2cnc3ncccc3c2)CC1. The van der Waals surface area contributed by atoms with Crippen molar-refractivity contribution in [3.05, 3.63) is 66.5 Å². The number of benzene rings is 1. The van der Waals surface area contributed by atoms with Crippen LogP contribution in [-0.4, -0.2) is 37.8 Å². The van der Waals surface area contributed by atoms with Crippen LogP contribution in [0.2, 0.25) is 0 Å². The van der Waals surface area contributed by atoms with Crippen molar-refractivity contribution in [1.29, 1.82) is 5.26 Å². The summed E-state index contributed by atoms with van der Waals surface area (Å²) in [7, 11) is 1.76. The summed E-state index contributed by atoms with van der Waals surface area (Å²) in [5.41, 5.74) is 2.33. The molecule has 154 valence electrons. The average molecular weight is 413 g/mol. The second-order valence-electron chi connectivity index (χ2n) is 7.81. The molecule has 31 heavy (non-hydrogen) atoms. The Kier molecular flexibility index (Phi) is 4.59. The maximum atomic E-state index is 15.6. The molecule has 0 atom stereocenters. The fourth-order valence-corrected chi connectivity index (χ4v) is 4.32. The van der Waals surface area contributed by atoms with Gasteiger partial charge < -0.3 is 9.47 Å². The van der Waals surface area contributed by atoms with Crippen LogP contribution in [0.5, 0.6) is 0 Å². The van der Waals surface area contributed by atoms with E-state index in [4.69, 9.17) is 0 Å². The molecule has 0 radical (unpaired) electrons. The minimum Gasteiger partial charge on any atom is -0.370 e. The number of nitrogens with zero attached hydrogens (tertiary/aromatic N) is 7. The number of pyridine rings is 2. The minimum atomic E-state index is -1.53. The molecule has 3 aromatic heterocycles. The molecule has 1 fully saturated rings. The molecule has 1 saturated heterocycles. The third-order valence-electron chi connectivity index (χ3n) is 5.91. The van der Waals surface area contributed by atoms with Crippen molar-refractivity contribution in [3.63, 3.8) is 0 Å². The van der Waals surface area contributed by atoms with E-state index in [9.17, 15) is 5.26 Å². The van der Waals surface area contributed by atoms with Crippen LogP contribution in [0.3, 0.4) is 0 Å². The number of alkyl halides is 1. The highest BCUT2D eigenvalue weighted by molar-refractivity contribution is 5.87. The van der Waals surface area contributed by atoms with Crippen LogP contribution in [0.1, 0.15) is 24.2 Å². The fraction of sp³-hybridized carbons (Fsp3) is 0.261. The molecular formula is C23H20FN7. The van der Waals surface area contributed by atoms with Crippen molar-refractivity contribution in [2.24, 2.45) is 7.05 Å². The minimum absolute atomic E-state index is 0.276. The van der Waals surface area contributed by atoms with Gasteiger partial charge in [0, 0.05) is 61.9 Å². The van der Waals surface area contributed by atoms with Crippen LogP contribution in [0, 0.1) is 11.3 Å². The van der Waals surface area contributed by atoms with Gasteiger partial charge in [0.05, 0.1) is 11.3 Å². The van der Waals surface area contributed by atoms with E-state index in [0.29, 0.717) is 30.1 Å². The van der Waals surface area contributed by atoms with Gasteiger partial charge in [-0.05, 0) is 24.3 Å². The quantitative estimate of drug-likeness (QED) is 0.509. The Balaban J connectivity index is 1.52. The number of piperidine rings is 1. The zero-order valence-corrected chi connectivity index (χ0v) is 17.0. The number of anilines is 1. The molecule has 4 heterocycles. The van der Waals surface area contributed by atoms with Gasteiger partial charge in [-0.15, -0.1) is 10.2 Å². The molecule has 0 unspecified atom stereocenters. The molecule has 0 amide bonds. The number of fused-ring (bicyclic) bond motifs is 1. The largest absolute Gasteiger partial charge is 0.370 e. The topological polar surface area (TPSA) is 83.5 Å². The van der Waals surface area contributed by atoms with Crippen LogP contribution in [0.4, 0.5) is 10.1 Å². The van der Waals surface area contributed by atoms with Gasteiger partial charge >= 0.3 is 0 Å². The maximum absolute atomic E-state index is 15.6. The fourth-order valence-electron chi connectivity index (χ4n) is 4.32. The Labute approximate surface area is 178 Å². The van der Waals surface area contributed by atoms with Crippen molar-refractivity contribution < 1.29 is 4.39 Å². The number of aromatic nitrogens is 5. The summed E-state index contributed by atoms with van der Waals surface area (Å²) >= 11 is 0. The molecule has 8 heteroatoms. The van der Waals surface area contributed by atoms with Crippen molar-refractivity contribution in [2.75, 3.05) is 18.0 Å². The van der Waals surface area contributed by atoms with Gasteiger partial charge in [-0.25, -0.2) is 14.4 Å². The third kappa shape index (κ3) is 3.28. The lowest BCUT2D eigenvalue weighted by Crippen LogP contribution is -2.42. The van der Waals surface area contributed by atoms with E-state index in [0.717, 1.165) is 22.2 Å². The molecule has 0 bridgehead atoms. The first kappa shape index (κ1) is 19.1. The highest BCUT2D eigenvalue weighted by Crippen LogP contribution is 2.41. The van der Waals surface area contributed by atoms with Gasteiger partial charge in [0.2, 0.25) is 0 Å². The lowest BCUT2D eigenvalue weighted by atomic mass is 9.90. The lowest BCUT2D eigenvalue weighted by Gasteiger charge is -2.38. The van der Waals surface area contributed by atoms with Crippen molar-refractivity contribution in [3.8, 4) is 17.2 Å². The second kappa shape index (κ2) is 7.43. The summed E-state index contributed by atoms with van der Waals surface area (Å²) in [6, 6.07) is 13.8. The number of hydrogen-bond donors (Lipinski definition) is 0. The van der Waals surface area contributed by atoms with E-state index < -0.39 is 5.67 Å². The van der Waals surface area contributed by atoms with Gasteiger partial charge in [0.1, 0.15) is 12.4 Å². The normalized spacial score (nSPS) is 15.7. The number of aryl methyl sites for hydroxylation is 1. The standard InChI is InChI=1S/C23H20FN7/c1-30-15-28-29-22(30)23(24)7-10-31(11-8-23)20-17(13-25)4-2-6-19(20)18-12-16-5-3-9-26-21(16)27-14-18/h2-6,9,12,14-15H,7-8,10-11H2,1H3. The van der Waals surface area contributed by atoms with E-state index in [1.807, 2.05) is 30.3 Å². The molecule has 0 spiro atoms. The summed E-state index contributed by atoms with van der Waals surface area (Å²) in [5, 5.41) is 18.5. The Morgan fingerprint density at radius 2 is 1.97 bits per heavy atom. The summed E-state index contributed by atoms with van der Waals surface area (Å²) in [6.45, 7) is 0.940. The van der Waals surface area contributed by atoms with Crippen molar-refractivity contribution in [2.45, 2.75) is 18.5 Å². The smallest absolute Gasteiger partial charge is 0.173 e. The Morgan fingerprint density at radius 3 is 2.71 bits per heavy atom. The number of nitriles is 1. The number of halogens is 1. The molecule has 5 rings (SSSR count).